The standard InChI is InChI=1S/C10H20N2OS/c1-14(13)5-4-12-6-8-2-3-10(11)9(8)7-12/h8-10H,2-7,11H2,1H3. The Bertz CT molecular complexity index is 234. The average Bonchev–Trinajstić information content (AvgIpc) is 2.65. The van der Waals surface area contributed by atoms with Gasteiger partial charge in [0.05, 0.1) is 0 Å². The number of likely N-dealkylation sites (tertiary alicyclic amines) is 1. The van der Waals surface area contributed by atoms with E-state index in [4.69, 9.17) is 5.73 Å². The molecule has 0 aromatic carbocycles. The van der Waals surface area contributed by atoms with Gasteiger partial charge in [-0.1, -0.05) is 0 Å². The monoisotopic (exact) mass is 216 g/mol. The molecule has 0 aromatic heterocycles. The number of nitrogens with two attached hydrogens (primary N) is 1. The van der Waals surface area contributed by atoms with Crippen molar-refractivity contribution >= 4 is 10.8 Å². The topological polar surface area (TPSA) is 46.3 Å². The Morgan fingerprint density at radius 1 is 1.43 bits per heavy atom. The average molecular weight is 216 g/mol. The van der Waals surface area contributed by atoms with Crippen LogP contribution in [0.1, 0.15) is 12.8 Å². The van der Waals surface area contributed by atoms with Gasteiger partial charge in [0.25, 0.3) is 0 Å². The maximum Gasteiger partial charge on any atom is 0.0359 e. The largest absolute Gasteiger partial charge is 0.327 e. The molecule has 14 heavy (non-hydrogen) atoms. The molecule has 82 valence electrons. The smallest absolute Gasteiger partial charge is 0.0359 e. The summed E-state index contributed by atoms with van der Waals surface area (Å²) in [6.07, 6.45) is 4.29. The second-order valence-electron chi connectivity index (χ2n) is 4.70. The lowest BCUT2D eigenvalue weighted by molar-refractivity contribution is 0.323. The summed E-state index contributed by atoms with van der Waals surface area (Å²) >= 11 is 0. The Hall–Kier alpha value is 0.0700. The normalized spacial score (nSPS) is 40.0. The van der Waals surface area contributed by atoms with E-state index in [9.17, 15) is 4.21 Å². The van der Waals surface area contributed by atoms with Gasteiger partial charge < -0.3 is 10.6 Å². The first-order valence-corrected chi connectivity index (χ1v) is 7.17. The van der Waals surface area contributed by atoms with Crippen LogP contribution in [0.2, 0.25) is 0 Å². The lowest BCUT2D eigenvalue weighted by atomic mass is 9.98. The summed E-state index contributed by atoms with van der Waals surface area (Å²) in [7, 11) is -0.650. The fourth-order valence-corrected chi connectivity index (χ4v) is 3.36. The van der Waals surface area contributed by atoms with E-state index in [0.717, 1.165) is 30.7 Å². The van der Waals surface area contributed by atoms with Gasteiger partial charge in [-0.25, -0.2) is 0 Å². The van der Waals surface area contributed by atoms with Gasteiger partial charge in [-0.2, -0.15) is 0 Å². The molecule has 1 saturated heterocycles. The maximum atomic E-state index is 11.0. The zero-order chi connectivity index (χ0) is 10.1. The first-order chi connectivity index (χ1) is 6.66. The van der Waals surface area contributed by atoms with E-state index in [1.807, 2.05) is 0 Å². The summed E-state index contributed by atoms with van der Waals surface area (Å²) < 4.78 is 11.0. The number of hydrogen-bond acceptors (Lipinski definition) is 3. The van der Waals surface area contributed by atoms with Crippen molar-refractivity contribution in [1.29, 1.82) is 0 Å². The molecule has 0 aromatic rings. The highest BCUT2D eigenvalue weighted by molar-refractivity contribution is 7.84. The Morgan fingerprint density at radius 3 is 2.86 bits per heavy atom. The van der Waals surface area contributed by atoms with E-state index in [1.54, 1.807) is 6.26 Å². The Balaban J connectivity index is 1.80. The van der Waals surface area contributed by atoms with Gasteiger partial charge in [0.15, 0.2) is 0 Å². The van der Waals surface area contributed by atoms with Crippen LogP contribution in [0, 0.1) is 11.8 Å². The van der Waals surface area contributed by atoms with Crippen LogP contribution in [0.5, 0.6) is 0 Å². The summed E-state index contributed by atoms with van der Waals surface area (Å²) in [5.74, 6) is 2.37. The van der Waals surface area contributed by atoms with Crippen molar-refractivity contribution in [2.45, 2.75) is 18.9 Å². The summed E-state index contributed by atoms with van der Waals surface area (Å²) in [5, 5.41) is 0. The lowest BCUT2D eigenvalue weighted by Crippen LogP contribution is -2.31. The predicted octanol–water partition coefficient (Wildman–Crippen LogP) is 0.0340. The number of rotatable bonds is 3. The number of hydrogen-bond donors (Lipinski definition) is 1. The van der Waals surface area contributed by atoms with Crippen LogP contribution in [-0.2, 0) is 10.8 Å². The SMILES string of the molecule is CS(=O)CCN1CC2CCC(N)C2C1. The maximum absolute atomic E-state index is 11.0. The zero-order valence-electron chi connectivity index (χ0n) is 8.82. The number of fused-ring (bicyclic) bond motifs is 1. The van der Waals surface area contributed by atoms with E-state index in [2.05, 4.69) is 4.90 Å². The fraction of sp³-hybridized carbons (Fsp3) is 1.00. The minimum atomic E-state index is -0.650. The molecule has 4 atom stereocenters. The fourth-order valence-electron chi connectivity index (χ4n) is 2.84. The second kappa shape index (κ2) is 4.29. The third-order valence-electron chi connectivity index (χ3n) is 3.68. The summed E-state index contributed by atoms with van der Waals surface area (Å²) in [5.41, 5.74) is 6.05. The van der Waals surface area contributed by atoms with Crippen molar-refractivity contribution in [3.05, 3.63) is 0 Å². The Morgan fingerprint density at radius 2 is 2.21 bits per heavy atom. The highest BCUT2D eigenvalue weighted by Crippen LogP contribution is 2.36. The molecule has 0 radical (unpaired) electrons. The molecule has 1 aliphatic heterocycles. The Labute approximate surface area is 88.5 Å². The van der Waals surface area contributed by atoms with Gasteiger partial charge in [0, 0.05) is 48.5 Å². The molecule has 1 heterocycles. The molecule has 2 N–H and O–H groups in total. The zero-order valence-corrected chi connectivity index (χ0v) is 9.63. The number of nitrogens with zero attached hydrogens (tertiary/aromatic N) is 1. The van der Waals surface area contributed by atoms with Gasteiger partial charge in [0.1, 0.15) is 0 Å². The molecule has 2 rings (SSSR count). The van der Waals surface area contributed by atoms with Crippen molar-refractivity contribution in [3.8, 4) is 0 Å². The molecule has 4 unspecified atom stereocenters. The van der Waals surface area contributed by atoms with E-state index in [1.165, 1.54) is 19.4 Å². The van der Waals surface area contributed by atoms with E-state index in [-0.39, 0.29) is 0 Å². The third kappa shape index (κ3) is 2.18. The molecular weight excluding hydrogens is 196 g/mol. The highest BCUT2D eigenvalue weighted by atomic mass is 32.2. The van der Waals surface area contributed by atoms with Gasteiger partial charge in [-0.05, 0) is 24.7 Å². The van der Waals surface area contributed by atoms with Crippen molar-refractivity contribution in [2.24, 2.45) is 17.6 Å². The highest BCUT2D eigenvalue weighted by Gasteiger charge is 2.40. The van der Waals surface area contributed by atoms with Gasteiger partial charge in [-0.3, -0.25) is 4.21 Å². The molecule has 4 heteroatoms. The summed E-state index contributed by atoms with van der Waals surface area (Å²) in [6, 6.07) is 0.428. The van der Waals surface area contributed by atoms with Crippen LogP contribution < -0.4 is 5.73 Å². The molecule has 3 nitrogen and oxygen atoms in total. The minimum absolute atomic E-state index is 0.428. The molecule has 0 amide bonds. The minimum Gasteiger partial charge on any atom is -0.327 e. The molecule has 1 aliphatic carbocycles. The second-order valence-corrected chi connectivity index (χ2v) is 6.26. The molecule has 1 saturated carbocycles. The van der Waals surface area contributed by atoms with Crippen molar-refractivity contribution in [1.82, 2.24) is 4.90 Å². The van der Waals surface area contributed by atoms with Gasteiger partial charge in [0.2, 0.25) is 0 Å². The van der Waals surface area contributed by atoms with E-state index < -0.39 is 10.8 Å². The predicted molar refractivity (Wildman–Crippen MR) is 59.6 cm³/mol. The van der Waals surface area contributed by atoms with Crippen LogP contribution in [0.4, 0.5) is 0 Å². The molecular formula is C10H20N2OS. The molecule has 0 spiro atoms. The lowest BCUT2D eigenvalue weighted by Gasteiger charge is -2.17. The van der Waals surface area contributed by atoms with Crippen LogP contribution in [-0.4, -0.2) is 46.8 Å². The van der Waals surface area contributed by atoms with Crippen LogP contribution in [0.15, 0.2) is 0 Å². The van der Waals surface area contributed by atoms with E-state index >= 15 is 0 Å². The first-order valence-electron chi connectivity index (χ1n) is 5.45. The molecule has 2 aliphatic rings. The molecule has 2 fully saturated rings. The van der Waals surface area contributed by atoms with Crippen LogP contribution in [0.25, 0.3) is 0 Å². The van der Waals surface area contributed by atoms with Crippen molar-refractivity contribution < 1.29 is 4.21 Å². The summed E-state index contributed by atoms with van der Waals surface area (Å²) in [4.78, 5) is 2.44. The summed E-state index contributed by atoms with van der Waals surface area (Å²) in [6.45, 7) is 3.32. The van der Waals surface area contributed by atoms with Crippen molar-refractivity contribution in [2.75, 3.05) is 31.6 Å². The van der Waals surface area contributed by atoms with E-state index in [0.29, 0.717) is 6.04 Å². The quantitative estimate of drug-likeness (QED) is 0.724. The van der Waals surface area contributed by atoms with Gasteiger partial charge >= 0.3 is 0 Å². The molecule has 0 bridgehead atoms. The third-order valence-corrected chi connectivity index (χ3v) is 4.44. The van der Waals surface area contributed by atoms with Gasteiger partial charge in [-0.15, -0.1) is 0 Å². The Kier molecular flexibility index (Phi) is 3.24. The first kappa shape index (κ1) is 10.6. The van der Waals surface area contributed by atoms with Crippen molar-refractivity contribution in [3.63, 3.8) is 0 Å². The van der Waals surface area contributed by atoms with Crippen LogP contribution in [0.3, 0.4) is 0 Å². The van der Waals surface area contributed by atoms with Crippen LogP contribution >= 0.6 is 0 Å².